The smallest absolute Gasteiger partial charge is 0.256 e. The van der Waals surface area contributed by atoms with Crippen LogP contribution in [0.5, 0.6) is 0 Å². The van der Waals surface area contributed by atoms with E-state index in [1.165, 1.54) is 24.3 Å². The van der Waals surface area contributed by atoms with Gasteiger partial charge in [-0.1, -0.05) is 23.2 Å². The molecule has 0 saturated heterocycles. The van der Waals surface area contributed by atoms with Gasteiger partial charge in [0, 0.05) is 20.4 Å². The highest BCUT2D eigenvalue weighted by Gasteiger charge is 2.20. The van der Waals surface area contributed by atoms with E-state index in [1.54, 1.807) is 14.0 Å². The number of hydrogen-bond acceptors (Lipinski definition) is 3. The van der Waals surface area contributed by atoms with Gasteiger partial charge in [0.15, 0.2) is 5.82 Å². The Bertz CT molecular complexity index is 398. The summed E-state index contributed by atoms with van der Waals surface area (Å²) in [6.07, 6.45) is 0.892. The molecule has 1 aromatic rings. The van der Waals surface area contributed by atoms with Crippen LogP contribution < -0.4 is 4.90 Å². The number of halogens is 2. The number of pyridine rings is 1. The van der Waals surface area contributed by atoms with Crippen LogP contribution in [0.3, 0.4) is 0 Å². The van der Waals surface area contributed by atoms with E-state index in [1.807, 2.05) is 0 Å². The molecule has 0 N–H and O–H groups in total. The fourth-order valence-electron chi connectivity index (χ4n) is 1.13. The Kier molecular flexibility index (Phi) is 4.53. The molecule has 0 aliphatic carbocycles. The van der Waals surface area contributed by atoms with Crippen LogP contribution in [0.4, 0.5) is 5.82 Å². The highest BCUT2D eigenvalue weighted by atomic mass is 35.5. The second-order valence-corrected chi connectivity index (χ2v) is 4.08. The summed E-state index contributed by atoms with van der Waals surface area (Å²) in [5, 5.41) is 0.751. The van der Waals surface area contributed by atoms with Gasteiger partial charge < -0.3 is 4.74 Å². The summed E-state index contributed by atoms with van der Waals surface area (Å²) in [4.78, 5) is 17.1. The predicted molar refractivity (Wildman–Crippen MR) is 64.1 cm³/mol. The lowest BCUT2D eigenvalue weighted by Gasteiger charge is -2.20. The van der Waals surface area contributed by atoms with E-state index >= 15 is 0 Å². The maximum absolute atomic E-state index is 11.8. The molecular weight excluding hydrogens is 251 g/mol. The third kappa shape index (κ3) is 2.84. The molecule has 16 heavy (non-hydrogen) atoms. The fourth-order valence-corrected chi connectivity index (χ4v) is 1.64. The van der Waals surface area contributed by atoms with Gasteiger partial charge in [0.25, 0.3) is 5.91 Å². The number of nitrogens with zero attached hydrogens (tertiary/aromatic N) is 2. The maximum Gasteiger partial charge on any atom is 0.256 e. The molecule has 1 rings (SSSR count). The van der Waals surface area contributed by atoms with Gasteiger partial charge in [-0.05, 0) is 13.0 Å². The molecule has 4 nitrogen and oxygen atoms in total. The molecule has 0 radical (unpaired) electrons. The van der Waals surface area contributed by atoms with E-state index in [0.717, 1.165) is 0 Å². The van der Waals surface area contributed by atoms with Gasteiger partial charge in [-0.3, -0.25) is 9.69 Å². The second kappa shape index (κ2) is 5.48. The number of anilines is 1. The number of ether oxygens (including phenoxy) is 1. The van der Waals surface area contributed by atoms with Crippen molar-refractivity contribution < 1.29 is 9.53 Å². The van der Waals surface area contributed by atoms with Crippen molar-refractivity contribution in [2.75, 3.05) is 19.1 Å². The van der Waals surface area contributed by atoms with Crippen LogP contribution in [0.25, 0.3) is 0 Å². The molecule has 88 valence electrons. The Morgan fingerprint density at radius 2 is 2.19 bits per heavy atom. The minimum absolute atomic E-state index is 0.223. The normalized spacial score (nSPS) is 12.3. The van der Waals surface area contributed by atoms with Gasteiger partial charge in [-0.25, -0.2) is 4.98 Å². The van der Waals surface area contributed by atoms with E-state index in [-0.39, 0.29) is 5.91 Å². The molecular formula is C10H12Cl2N2O2. The summed E-state index contributed by atoms with van der Waals surface area (Å²) in [7, 11) is 3.05. The Morgan fingerprint density at radius 3 is 2.69 bits per heavy atom. The predicted octanol–water partition coefficient (Wildman–Crippen LogP) is 2.39. The molecule has 0 spiro atoms. The summed E-state index contributed by atoms with van der Waals surface area (Å²) in [6, 6.07) is 1.53. The van der Waals surface area contributed by atoms with Crippen LogP contribution in [0, 0.1) is 0 Å². The largest absolute Gasteiger partial charge is 0.372 e. The first-order valence-corrected chi connectivity index (χ1v) is 5.34. The van der Waals surface area contributed by atoms with E-state index in [2.05, 4.69) is 4.98 Å². The zero-order valence-electron chi connectivity index (χ0n) is 9.20. The summed E-state index contributed by atoms with van der Waals surface area (Å²) >= 11 is 11.7. The molecule has 0 aromatic carbocycles. The van der Waals surface area contributed by atoms with Gasteiger partial charge in [-0.15, -0.1) is 0 Å². The van der Waals surface area contributed by atoms with Crippen molar-refractivity contribution in [3.8, 4) is 0 Å². The molecule has 0 fully saturated rings. The third-order valence-electron chi connectivity index (χ3n) is 2.14. The Balaban J connectivity index is 2.96. The highest BCUT2D eigenvalue weighted by Crippen LogP contribution is 2.25. The number of aromatic nitrogens is 1. The molecule has 0 saturated carbocycles. The zero-order valence-corrected chi connectivity index (χ0v) is 10.7. The van der Waals surface area contributed by atoms with Gasteiger partial charge >= 0.3 is 0 Å². The van der Waals surface area contributed by atoms with Crippen molar-refractivity contribution in [3.63, 3.8) is 0 Å². The fraction of sp³-hybridized carbons (Fsp3) is 0.400. The molecule has 1 unspecified atom stereocenters. The minimum atomic E-state index is -0.543. The lowest BCUT2D eigenvalue weighted by Crippen LogP contribution is -2.36. The second-order valence-electron chi connectivity index (χ2n) is 3.23. The monoisotopic (exact) mass is 262 g/mol. The van der Waals surface area contributed by atoms with Crippen molar-refractivity contribution >= 4 is 34.9 Å². The molecule has 6 heteroatoms. The Hall–Kier alpha value is -0.840. The van der Waals surface area contributed by atoms with Crippen LogP contribution in [0.15, 0.2) is 12.3 Å². The van der Waals surface area contributed by atoms with Crippen LogP contribution >= 0.6 is 23.2 Å². The first-order valence-electron chi connectivity index (χ1n) is 4.58. The number of likely N-dealkylation sites (N-methyl/N-ethyl adjacent to an activating group) is 1. The van der Waals surface area contributed by atoms with Crippen LogP contribution in [0.2, 0.25) is 10.0 Å². The lowest BCUT2D eigenvalue weighted by atomic mass is 10.3. The number of hydrogen-bond donors (Lipinski definition) is 0. The Labute approximate surface area is 104 Å². The standard InChI is InChI=1S/C10H12Cl2N2O2/c1-6(16-3)10(15)14(2)9-8(12)4-7(11)5-13-9/h4-6H,1-3H3. The van der Waals surface area contributed by atoms with E-state index in [0.29, 0.717) is 15.9 Å². The van der Waals surface area contributed by atoms with E-state index < -0.39 is 6.10 Å². The summed E-state index contributed by atoms with van der Waals surface area (Å²) in [5.74, 6) is 0.138. The average molecular weight is 263 g/mol. The van der Waals surface area contributed by atoms with Gasteiger partial charge in [-0.2, -0.15) is 0 Å². The van der Waals surface area contributed by atoms with Gasteiger partial charge in [0.05, 0.1) is 10.0 Å². The molecule has 1 heterocycles. The topological polar surface area (TPSA) is 42.4 Å². The number of rotatable bonds is 3. The summed E-state index contributed by atoms with van der Waals surface area (Å²) < 4.78 is 4.93. The number of carbonyl (C=O) groups is 1. The molecule has 0 bridgehead atoms. The first kappa shape index (κ1) is 13.2. The van der Waals surface area contributed by atoms with Crippen LogP contribution in [-0.2, 0) is 9.53 Å². The average Bonchev–Trinajstić information content (AvgIpc) is 2.26. The lowest BCUT2D eigenvalue weighted by molar-refractivity contribution is -0.127. The first-order chi connectivity index (χ1) is 7.47. The number of methoxy groups -OCH3 is 1. The molecule has 1 atom stereocenters. The molecule has 1 aromatic heterocycles. The van der Waals surface area contributed by atoms with Crippen molar-refractivity contribution in [2.24, 2.45) is 0 Å². The summed E-state index contributed by atoms with van der Waals surface area (Å²) in [5.41, 5.74) is 0. The van der Waals surface area contributed by atoms with E-state index in [4.69, 9.17) is 27.9 Å². The van der Waals surface area contributed by atoms with Crippen molar-refractivity contribution in [2.45, 2.75) is 13.0 Å². The quantitative estimate of drug-likeness (QED) is 0.840. The van der Waals surface area contributed by atoms with Crippen LogP contribution in [-0.4, -0.2) is 31.2 Å². The van der Waals surface area contributed by atoms with Gasteiger partial charge in [0.2, 0.25) is 0 Å². The molecule has 1 amide bonds. The Morgan fingerprint density at radius 1 is 1.56 bits per heavy atom. The van der Waals surface area contributed by atoms with Gasteiger partial charge in [0.1, 0.15) is 6.10 Å². The van der Waals surface area contributed by atoms with Crippen molar-refractivity contribution in [1.29, 1.82) is 0 Å². The third-order valence-corrected chi connectivity index (χ3v) is 2.62. The molecule has 0 aliphatic heterocycles. The summed E-state index contributed by atoms with van der Waals surface area (Å²) in [6.45, 7) is 1.66. The zero-order chi connectivity index (χ0) is 12.3. The highest BCUT2D eigenvalue weighted by molar-refractivity contribution is 6.36. The van der Waals surface area contributed by atoms with Crippen molar-refractivity contribution in [3.05, 3.63) is 22.3 Å². The SMILES string of the molecule is COC(C)C(=O)N(C)c1ncc(Cl)cc1Cl. The number of carbonyl (C=O) groups excluding carboxylic acids is 1. The minimum Gasteiger partial charge on any atom is -0.372 e. The van der Waals surface area contributed by atoms with Crippen LogP contribution in [0.1, 0.15) is 6.92 Å². The molecule has 0 aliphatic rings. The number of amides is 1. The van der Waals surface area contributed by atoms with E-state index in [9.17, 15) is 4.79 Å². The maximum atomic E-state index is 11.8. The van der Waals surface area contributed by atoms with Crippen molar-refractivity contribution in [1.82, 2.24) is 4.98 Å².